The summed E-state index contributed by atoms with van der Waals surface area (Å²) in [6.07, 6.45) is 13.4. The normalized spacial score (nSPS) is 47.5. The zero-order valence-corrected chi connectivity index (χ0v) is 13.6. The Hall–Kier alpha value is -0.450. The molecule has 1 heterocycles. The Bertz CT molecular complexity index is 444. The highest BCUT2D eigenvalue weighted by Crippen LogP contribution is 2.59. The van der Waals surface area contributed by atoms with Gasteiger partial charge in [0.2, 0.25) is 11.6 Å². The van der Waals surface area contributed by atoms with Crippen molar-refractivity contribution in [3.63, 3.8) is 0 Å². The van der Waals surface area contributed by atoms with Gasteiger partial charge in [0.05, 0.1) is 0 Å². The molecule has 0 aromatic rings. The molecule has 4 nitrogen and oxygen atoms in total. The number of carbonyl (C=O) groups excluding carboxylic acids is 1. The summed E-state index contributed by atoms with van der Waals surface area (Å²) in [6, 6.07) is 0. The highest BCUT2D eigenvalue weighted by Gasteiger charge is 2.59. The van der Waals surface area contributed by atoms with Gasteiger partial charge in [-0.3, -0.25) is 0 Å². The van der Waals surface area contributed by atoms with Gasteiger partial charge in [-0.25, -0.2) is 0 Å². The smallest absolute Gasteiger partial charge is 0.204 e. The zero-order valence-electron chi connectivity index (χ0n) is 13.6. The number of aldehydes is 1. The lowest BCUT2D eigenvalue weighted by Crippen LogP contribution is -2.40. The van der Waals surface area contributed by atoms with Crippen LogP contribution in [0.1, 0.15) is 77.6 Å². The van der Waals surface area contributed by atoms with Crippen molar-refractivity contribution >= 4 is 6.29 Å². The lowest BCUT2D eigenvalue weighted by atomic mass is 9.76. The number of hydrogen-bond acceptors (Lipinski definition) is 4. The Labute approximate surface area is 132 Å². The summed E-state index contributed by atoms with van der Waals surface area (Å²) in [5.41, 5.74) is 0.213. The summed E-state index contributed by atoms with van der Waals surface area (Å²) in [6.45, 7) is 2.05. The first-order valence-corrected chi connectivity index (χ1v) is 9.12. The predicted molar refractivity (Wildman–Crippen MR) is 80.7 cm³/mol. The molecule has 0 radical (unpaired) electrons. The number of rotatable bonds is 2. The van der Waals surface area contributed by atoms with Crippen LogP contribution >= 0.6 is 0 Å². The van der Waals surface area contributed by atoms with E-state index >= 15 is 0 Å². The van der Waals surface area contributed by atoms with E-state index in [-0.39, 0.29) is 11.3 Å². The van der Waals surface area contributed by atoms with E-state index in [1.165, 1.54) is 25.5 Å². The van der Waals surface area contributed by atoms with Crippen molar-refractivity contribution < 1.29 is 19.3 Å². The van der Waals surface area contributed by atoms with E-state index < -0.39 is 11.6 Å². The van der Waals surface area contributed by atoms with Gasteiger partial charge in [0, 0.05) is 24.7 Å². The van der Waals surface area contributed by atoms with Crippen molar-refractivity contribution in [2.45, 2.75) is 89.1 Å². The van der Waals surface area contributed by atoms with Gasteiger partial charge in [0.15, 0.2) is 0 Å². The molecule has 4 rings (SSSR count). The first-order chi connectivity index (χ1) is 10.6. The first kappa shape index (κ1) is 15.1. The lowest BCUT2D eigenvalue weighted by Gasteiger charge is -2.34. The molecule has 3 saturated carbocycles. The third-order valence-corrected chi connectivity index (χ3v) is 6.89. The number of carbonyl (C=O) groups is 1. The van der Waals surface area contributed by atoms with Crippen LogP contribution in [-0.4, -0.2) is 17.9 Å². The van der Waals surface area contributed by atoms with Crippen molar-refractivity contribution in [1.82, 2.24) is 0 Å². The fourth-order valence-corrected chi connectivity index (χ4v) is 5.54. The van der Waals surface area contributed by atoms with E-state index in [4.69, 9.17) is 14.5 Å². The predicted octanol–water partition coefficient (Wildman–Crippen LogP) is 4.13. The largest absolute Gasteiger partial charge is 0.312 e. The second-order valence-electron chi connectivity index (χ2n) is 8.19. The molecule has 3 unspecified atom stereocenters. The first-order valence-electron chi connectivity index (χ1n) is 9.12. The monoisotopic (exact) mass is 308 g/mol. The van der Waals surface area contributed by atoms with E-state index in [9.17, 15) is 4.79 Å². The maximum atomic E-state index is 11.4. The second-order valence-corrected chi connectivity index (χ2v) is 8.19. The molecule has 4 heteroatoms. The minimum atomic E-state index is -0.628. The summed E-state index contributed by atoms with van der Waals surface area (Å²) in [4.78, 5) is 22.9. The SMILES string of the molecule is C[C@@]1(C2CCC3(CCCC3C=O)C2)OOC2(CCCCC2)O1. The summed E-state index contributed by atoms with van der Waals surface area (Å²) < 4.78 is 6.40. The standard InChI is InChI=1S/C18H28O4/c1-16(20-18(22-21-16)9-3-2-4-10-18)14-7-11-17(12-14)8-5-6-15(17)13-19/h13-15H,2-12H2,1H3/t14?,15?,16-,17?/m0/s1. The molecule has 0 bridgehead atoms. The molecule has 0 aromatic heterocycles. The van der Waals surface area contributed by atoms with Crippen LogP contribution < -0.4 is 0 Å². The molecule has 1 saturated heterocycles. The van der Waals surface area contributed by atoms with Gasteiger partial charge in [0.25, 0.3) is 0 Å². The minimum Gasteiger partial charge on any atom is -0.312 e. The van der Waals surface area contributed by atoms with E-state index in [1.54, 1.807) is 0 Å². The maximum Gasteiger partial charge on any atom is 0.204 e. The quantitative estimate of drug-likeness (QED) is 0.568. The van der Waals surface area contributed by atoms with Crippen LogP contribution in [0.4, 0.5) is 0 Å². The van der Waals surface area contributed by atoms with Crippen LogP contribution in [0.3, 0.4) is 0 Å². The third kappa shape index (κ3) is 2.26. The highest BCUT2D eigenvalue weighted by atomic mass is 17.3. The van der Waals surface area contributed by atoms with Gasteiger partial charge in [-0.05, 0) is 57.3 Å². The lowest BCUT2D eigenvalue weighted by molar-refractivity contribution is -0.359. The average molecular weight is 308 g/mol. The Morgan fingerprint density at radius 2 is 1.77 bits per heavy atom. The molecule has 124 valence electrons. The van der Waals surface area contributed by atoms with Crippen molar-refractivity contribution in [3.05, 3.63) is 0 Å². The Morgan fingerprint density at radius 1 is 0.955 bits per heavy atom. The van der Waals surface area contributed by atoms with Crippen molar-refractivity contribution in [2.75, 3.05) is 0 Å². The Balaban J connectivity index is 1.48. The molecule has 2 spiro atoms. The van der Waals surface area contributed by atoms with E-state index in [0.717, 1.165) is 51.4 Å². The van der Waals surface area contributed by atoms with Crippen LogP contribution in [0.15, 0.2) is 0 Å². The van der Waals surface area contributed by atoms with Crippen LogP contribution in [0.5, 0.6) is 0 Å². The molecule has 4 atom stereocenters. The molecule has 0 amide bonds. The van der Waals surface area contributed by atoms with Gasteiger partial charge in [-0.15, -0.1) is 0 Å². The Morgan fingerprint density at radius 3 is 2.55 bits per heavy atom. The van der Waals surface area contributed by atoms with Crippen LogP contribution in [0.2, 0.25) is 0 Å². The highest BCUT2D eigenvalue weighted by molar-refractivity contribution is 5.56. The summed E-state index contributed by atoms with van der Waals surface area (Å²) in [7, 11) is 0. The number of hydrogen-bond donors (Lipinski definition) is 0. The number of ether oxygens (including phenoxy) is 1. The fraction of sp³-hybridized carbons (Fsp3) is 0.944. The van der Waals surface area contributed by atoms with Gasteiger partial charge in [0.1, 0.15) is 6.29 Å². The average Bonchev–Trinajstić information content (AvgIpc) is 3.21. The van der Waals surface area contributed by atoms with Gasteiger partial charge in [-0.2, -0.15) is 9.78 Å². The van der Waals surface area contributed by atoms with E-state index in [1.807, 2.05) is 6.92 Å². The van der Waals surface area contributed by atoms with Gasteiger partial charge >= 0.3 is 0 Å². The van der Waals surface area contributed by atoms with Crippen molar-refractivity contribution in [3.8, 4) is 0 Å². The molecule has 1 aliphatic heterocycles. The van der Waals surface area contributed by atoms with Crippen LogP contribution in [-0.2, 0) is 19.3 Å². The van der Waals surface area contributed by atoms with E-state index in [2.05, 4.69) is 0 Å². The summed E-state index contributed by atoms with van der Waals surface area (Å²) in [5.74, 6) is -0.541. The molecule has 0 N–H and O–H groups in total. The van der Waals surface area contributed by atoms with Gasteiger partial charge in [-0.1, -0.05) is 12.8 Å². The van der Waals surface area contributed by atoms with Crippen molar-refractivity contribution in [1.29, 1.82) is 0 Å². The molecule has 4 fully saturated rings. The maximum absolute atomic E-state index is 11.4. The molecular formula is C18H28O4. The van der Waals surface area contributed by atoms with Crippen LogP contribution in [0, 0.1) is 17.3 Å². The topological polar surface area (TPSA) is 44.8 Å². The summed E-state index contributed by atoms with van der Waals surface area (Å²) in [5, 5.41) is 0. The molecule has 4 aliphatic rings. The second kappa shape index (κ2) is 5.29. The van der Waals surface area contributed by atoms with Crippen molar-refractivity contribution in [2.24, 2.45) is 17.3 Å². The Kier molecular flexibility index (Phi) is 3.63. The van der Waals surface area contributed by atoms with Crippen LogP contribution in [0.25, 0.3) is 0 Å². The summed E-state index contributed by atoms with van der Waals surface area (Å²) >= 11 is 0. The molecule has 0 aromatic carbocycles. The third-order valence-electron chi connectivity index (χ3n) is 6.89. The molecule has 3 aliphatic carbocycles. The fourth-order valence-electron chi connectivity index (χ4n) is 5.54. The zero-order chi connectivity index (χ0) is 15.3. The van der Waals surface area contributed by atoms with E-state index in [0.29, 0.717) is 5.92 Å². The van der Waals surface area contributed by atoms with Gasteiger partial charge < -0.3 is 9.53 Å². The molecule has 22 heavy (non-hydrogen) atoms. The minimum absolute atomic E-state index is 0.213. The molecular weight excluding hydrogens is 280 g/mol.